The Hall–Kier alpha value is -2.60. The van der Waals surface area contributed by atoms with Gasteiger partial charge in [-0.15, -0.1) is 0 Å². The van der Waals surface area contributed by atoms with Gasteiger partial charge < -0.3 is 9.88 Å². The van der Waals surface area contributed by atoms with Gasteiger partial charge in [0.1, 0.15) is 6.07 Å². The minimum absolute atomic E-state index is 0.0603. The molecule has 0 saturated heterocycles. The molecule has 1 aliphatic rings. The second-order valence-electron chi connectivity index (χ2n) is 6.84. The number of hydrogen-bond donors (Lipinski definition) is 1. The van der Waals surface area contributed by atoms with E-state index >= 15 is 0 Å². The number of halogens is 3. The topological polar surface area (TPSA) is 79.4 Å². The Labute approximate surface area is 168 Å². The highest BCUT2D eigenvalue weighted by Crippen LogP contribution is 2.36. The fraction of sp³-hybridized carbons (Fsp3) is 0.368. The first-order valence-electron chi connectivity index (χ1n) is 8.99. The third-order valence-corrected chi connectivity index (χ3v) is 5.49. The molecular formula is C19H17BrF2N6. The van der Waals surface area contributed by atoms with E-state index in [1.54, 1.807) is 10.6 Å². The first kappa shape index (κ1) is 18.7. The van der Waals surface area contributed by atoms with Gasteiger partial charge in [0.25, 0.3) is 6.43 Å². The first-order chi connectivity index (χ1) is 13.5. The second-order valence-corrected chi connectivity index (χ2v) is 7.76. The summed E-state index contributed by atoms with van der Waals surface area (Å²) < 4.78 is 29.9. The Kier molecular flexibility index (Phi) is 5.22. The molecule has 6 nitrogen and oxygen atoms in total. The van der Waals surface area contributed by atoms with Crippen molar-refractivity contribution in [1.82, 2.24) is 19.5 Å². The molecule has 0 bridgehead atoms. The average molecular weight is 447 g/mol. The van der Waals surface area contributed by atoms with E-state index in [4.69, 9.17) is 5.26 Å². The Bertz CT molecular complexity index is 1030. The third-order valence-electron chi connectivity index (χ3n) is 5.00. The van der Waals surface area contributed by atoms with Gasteiger partial charge in [-0.05, 0) is 43.9 Å². The molecule has 0 aliphatic heterocycles. The van der Waals surface area contributed by atoms with Crippen molar-refractivity contribution >= 4 is 32.9 Å². The van der Waals surface area contributed by atoms with Crippen LogP contribution in [-0.2, 0) is 0 Å². The molecule has 28 heavy (non-hydrogen) atoms. The van der Waals surface area contributed by atoms with E-state index in [0.29, 0.717) is 23.4 Å². The number of fused-ring (bicyclic) bond motifs is 1. The maximum atomic E-state index is 13.7. The number of nitriles is 1. The summed E-state index contributed by atoms with van der Waals surface area (Å²) in [6, 6.07) is 7.40. The molecule has 1 saturated carbocycles. The van der Waals surface area contributed by atoms with Gasteiger partial charge in [0.2, 0.25) is 5.95 Å². The Morgan fingerprint density at radius 3 is 2.75 bits per heavy atom. The summed E-state index contributed by atoms with van der Waals surface area (Å²) >= 11 is 3.38. The molecular weight excluding hydrogens is 430 g/mol. The zero-order valence-corrected chi connectivity index (χ0v) is 16.4. The van der Waals surface area contributed by atoms with Gasteiger partial charge in [-0.3, -0.25) is 0 Å². The number of benzene rings is 1. The number of anilines is 1. The van der Waals surface area contributed by atoms with Crippen LogP contribution in [-0.4, -0.2) is 25.6 Å². The number of nitrogens with one attached hydrogen (secondary N) is 1. The minimum atomic E-state index is -2.64. The highest BCUT2D eigenvalue weighted by Gasteiger charge is 2.29. The summed E-state index contributed by atoms with van der Waals surface area (Å²) in [4.78, 5) is 12.5. The normalized spacial score (nSPS) is 19.7. The fourth-order valence-electron chi connectivity index (χ4n) is 3.80. The van der Waals surface area contributed by atoms with Gasteiger partial charge in [-0.1, -0.05) is 15.9 Å². The summed E-state index contributed by atoms with van der Waals surface area (Å²) in [6.07, 6.45) is 3.58. The van der Waals surface area contributed by atoms with Crippen LogP contribution in [0.5, 0.6) is 0 Å². The number of rotatable bonds is 4. The minimum Gasteiger partial charge on any atom is -0.351 e. The lowest BCUT2D eigenvalue weighted by atomic mass is 9.90. The van der Waals surface area contributed by atoms with Crippen molar-refractivity contribution in [1.29, 1.82) is 5.26 Å². The van der Waals surface area contributed by atoms with Crippen molar-refractivity contribution in [2.75, 3.05) is 5.32 Å². The number of nitrogens with zero attached hydrogens (tertiary/aromatic N) is 5. The zero-order valence-electron chi connectivity index (χ0n) is 14.8. The van der Waals surface area contributed by atoms with Crippen LogP contribution >= 0.6 is 15.9 Å². The largest absolute Gasteiger partial charge is 0.351 e. The van der Waals surface area contributed by atoms with Crippen molar-refractivity contribution < 1.29 is 8.78 Å². The van der Waals surface area contributed by atoms with Crippen LogP contribution in [0.2, 0.25) is 0 Å². The molecule has 2 atom stereocenters. The Balaban J connectivity index is 1.60. The van der Waals surface area contributed by atoms with E-state index in [1.165, 1.54) is 12.4 Å². The summed E-state index contributed by atoms with van der Waals surface area (Å²) in [5.74, 6) is 0.256. The van der Waals surface area contributed by atoms with Gasteiger partial charge in [0.15, 0.2) is 5.82 Å². The standard InChI is InChI=1S/C19H17BrF2N6/c20-12-4-5-16-15(6-12)27-18(17(21)22)28(16)14-3-1-2-13(7-14)26-19-24-9-11(8-23)10-25-19/h4-6,9-10,13-14,17H,1-3,7H2,(H,24,25,26)/t13-,14+/m1/s1. The lowest BCUT2D eigenvalue weighted by Crippen LogP contribution is -2.30. The van der Waals surface area contributed by atoms with Gasteiger partial charge >= 0.3 is 0 Å². The predicted molar refractivity (Wildman–Crippen MR) is 104 cm³/mol. The molecule has 0 spiro atoms. The molecule has 0 unspecified atom stereocenters. The summed E-state index contributed by atoms with van der Waals surface area (Å²) in [5.41, 5.74) is 1.68. The van der Waals surface area contributed by atoms with E-state index in [-0.39, 0.29) is 17.9 Å². The van der Waals surface area contributed by atoms with Crippen LogP contribution in [0.1, 0.15) is 49.5 Å². The van der Waals surface area contributed by atoms with Gasteiger partial charge in [-0.2, -0.15) is 5.26 Å². The molecule has 4 rings (SSSR count). The molecule has 1 aromatic carbocycles. The third kappa shape index (κ3) is 3.69. The van der Waals surface area contributed by atoms with Crippen molar-refractivity contribution in [2.24, 2.45) is 0 Å². The van der Waals surface area contributed by atoms with Crippen molar-refractivity contribution in [3.63, 3.8) is 0 Å². The zero-order chi connectivity index (χ0) is 19.7. The van der Waals surface area contributed by atoms with E-state index < -0.39 is 6.43 Å². The number of aromatic nitrogens is 4. The second kappa shape index (κ2) is 7.80. The van der Waals surface area contributed by atoms with E-state index in [1.807, 2.05) is 18.2 Å². The van der Waals surface area contributed by atoms with Crippen molar-refractivity contribution in [2.45, 2.75) is 44.2 Å². The maximum absolute atomic E-state index is 13.7. The van der Waals surface area contributed by atoms with E-state index in [9.17, 15) is 8.78 Å². The SMILES string of the molecule is N#Cc1cnc(N[C@@H]2CCC[C@H](n3c(C(F)F)nc4cc(Br)ccc43)C2)nc1. The van der Waals surface area contributed by atoms with Crippen LogP contribution in [0.4, 0.5) is 14.7 Å². The number of alkyl halides is 2. The van der Waals surface area contributed by atoms with Crippen LogP contribution in [0.15, 0.2) is 35.1 Å². The molecule has 2 aromatic heterocycles. The van der Waals surface area contributed by atoms with Gasteiger partial charge in [-0.25, -0.2) is 23.7 Å². The monoisotopic (exact) mass is 446 g/mol. The fourth-order valence-corrected chi connectivity index (χ4v) is 4.15. The van der Waals surface area contributed by atoms with Crippen LogP contribution < -0.4 is 5.32 Å². The van der Waals surface area contributed by atoms with Gasteiger partial charge in [0, 0.05) is 16.6 Å². The van der Waals surface area contributed by atoms with E-state index in [0.717, 1.165) is 29.3 Å². The van der Waals surface area contributed by atoms with Crippen molar-refractivity contribution in [3.05, 3.63) is 46.5 Å². The molecule has 2 heterocycles. The highest BCUT2D eigenvalue weighted by atomic mass is 79.9. The quantitative estimate of drug-likeness (QED) is 0.610. The smallest absolute Gasteiger partial charge is 0.295 e. The molecule has 3 aromatic rings. The molecule has 0 radical (unpaired) electrons. The van der Waals surface area contributed by atoms with Crippen LogP contribution in [0.25, 0.3) is 11.0 Å². The Morgan fingerprint density at radius 2 is 2.04 bits per heavy atom. The molecule has 1 aliphatic carbocycles. The number of imidazole rings is 1. The molecule has 9 heteroatoms. The van der Waals surface area contributed by atoms with Crippen molar-refractivity contribution in [3.8, 4) is 6.07 Å². The lowest BCUT2D eigenvalue weighted by Gasteiger charge is -2.31. The molecule has 1 N–H and O–H groups in total. The van der Waals surface area contributed by atoms with Crippen LogP contribution in [0.3, 0.4) is 0 Å². The summed E-state index contributed by atoms with van der Waals surface area (Å²) in [6.45, 7) is 0. The lowest BCUT2D eigenvalue weighted by molar-refractivity contribution is 0.130. The number of hydrogen-bond acceptors (Lipinski definition) is 5. The average Bonchev–Trinajstić information content (AvgIpc) is 3.07. The maximum Gasteiger partial charge on any atom is 0.295 e. The summed E-state index contributed by atoms with van der Waals surface area (Å²) in [5, 5.41) is 12.1. The van der Waals surface area contributed by atoms with Crippen LogP contribution in [0, 0.1) is 11.3 Å². The Morgan fingerprint density at radius 1 is 1.25 bits per heavy atom. The highest BCUT2D eigenvalue weighted by molar-refractivity contribution is 9.10. The molecule has 0 amide bonds. The summed E-state index contributed by atoms with van der Waals surface area (Å²) in [7, 11) is 0. The molecule has 1 fully saturated rings. The first-order valence-corrected chi connectivity index (χ1v) is 9.78. The van der Waals surface area contributed by atoms with Gasteiger partial charge in [0.05, 0.1) is 29.0 Å². The molecule has 144 valence electrons. The predicted octanol–water partition coefficient (Wildman–Crippen LogP) is 4.99. The van der Waals surface area contributed by atoms with E-state index in [2.05, 4.69) is 36.2 Å².